The molecule has 0 saturated carbocycles. The maximum absolute atomic E-state index is 6.58. The minimum atomic E-state index is -0.193. The van der Waals surface area contributed by atoms with E-state index in [1.807, 2.05) is 24.3 Å². The molecule has 10 heteroatoms. The molecule has 3 N–H and O–H groups in total. The Labute approximate surface area is 211 Å². The summed E-state index contributed by atoms with van der Waals surface area (Å²) in [5.41, 5.74) is 8.77. The number of rotatable bonds is 7. The fourth-order valence-corrected chi connectivity index (χ4v) is 5.45. The summed E-state index contributed by atoms with van der Waals surface area (Å²) < 4.78 is 12.5. The van der Waals surface area contributed by atoms with Crippen molar-refractivity contribution in [2.45, 2.75) is 6.17 Å². The Kier molecular flexibility index (Phi) is 6.41. The van der Waals surface area contributed by atoms with Gasteiger partial charge >= 0.3 is 0 Å². The molecular weight excluding hydrogens is 484 g/mol. The van der Waals surface area contributed by atoms with Crippen molar-refractivity contribution in [2.75, 3.05) is 44.8 Å². The fraction of sp³-hybridized carbons (Fsp3) is 0.280. The lowest BCUT2D eigenvalue weighted by atomic mass is 10.1. The van der Waals surface area contributed by atoms with Crippen LogP contribution >= 0.6 is 22.9 Å². The van der Waals surface area contributed by atoms with Crippen LogP contribution in [-0.4, -0.2) is 55.7 Å². The van der Waals surface area contributed by atoms with E-state index in [1.54, 1.807) is 17.7 Å². The third-order valence-corrected chi connectivity index (χ3v) is 7.49. The maximum atomic E-state index is 6.58. The second kappa shape index (κ2) is 9.96. The molecule has 0 amide bonds. The number of hydrazine groups is 1. The highest BCUT2D eigenvalue weighted by Crippen LogP contribution is 2.39. The number of ether oxygens (including phenoxy) is 2. The first-order valence-corrected chi connectivity index (χ1v) is 12.8. The molecule has 2 aromatic heterocycles. The molecule has 1 unspecified atom stereocenters. The molecule has 0 bridgehead atoms. The van der Waals surface area contributed by atoms with Gasteiger partial charge in [0.05, 0.1) is 40.5 Å². The second-order valence-electron chi connectivity index (χ2n) is 8.41. The number of halogens is 1. The van der Waals surface area contributed by atoms with Crippen LogP contribution in [0, 0.1) is 0 Å². The molecule has 2 aliphatic rings. The van der Waals surface area contributed by atoms with Crippen LogP contribution in [0.3, 0.4) is 0 Å². The Morgan fingerprint density at radius 2 is 2.09 bits per heavy atom. The number of aromatic nitrogens is 1. The predicted molar refractivity (Wildman–Crippen MR) is 142 cm³/mol. The van der Waals surface area contributed by atoms with Crippen LogP contribution in [0.1, 0.15) is 11.7 Å². The van der Waals surface area contributed by atoms with E-state index in [2.05, 4.69) is 49.6 Å². The summed E-state index contributed by atoms with van der Waals surface area (Å²) in [6, 6.07) is 14.0. The van der Waals surface area contributed by atoms with E-state index in [0.717, 1.165) is 76.7 Å². The lowest BCUT2D eigenvalue weighted by Gasteiger charge is -2.26. The maximum Gasteiger partial charge on any atom is 0.149 e. The monoisotopic (exact) mass is 508 g/mol. The third-order valence-electron chi connectivity index (χ3n) is 6.23. The molecule has 6 rings (SSSR count). The van der Waals surface area contributed by atoms with Crippen molar-refractivity contribution in [2.24, 2.45) is 4.99 Å². The smallest absolute Gasteiger partial charge is 0.149 e. The first-order chi connectivity index (χ1) is 17.3. The van der Waals surface area contributed by atoms with Gasteiger partial charge in [-0.3, -0.25) is 4.90 Å². The fourth-order valence-electron chi connectivity index (χ4n) is 4.43. The number of para-hydroxylation sites is 1. The molecule has 35 heavy (non-hydrogen) atoms. The average Bonchev–Trinajstić information content (AvgIpc) is 3.59. The van der Waals surface area contributed by atoms with Crippen molar-refractivity contribution in [3.05, 3.63) is 58.4 Å². The van der Waals surface area contributed by atoms with Gasteiger partial charge in [-0.05, 0) is 23.6 Å². The van der Waals surface area contributed by atoms with Crippen molar-refractivity contribution in [1.29, 1.82) is 0 Å². The Balaban J connectivity index is 1.29. The van der Waals surface area contributed by atoms with Crippen molar-refractivity contribution in [3.8, 4) is 5.75 Å². The predicted octanol–water partition coefficient (Wildman–Crippen LogP) is 4.69. The molecule has 4 heterocycles. The van der Waals surface area contributed by atoms with Gasteiger partial charge in [0.25, 0.3) is 0 Å². The summed E-state index contributed by atoms with van der Waals surface area (Å²) in [4.78, 5) is 11.9. The molecule has 1 fully saturated rings. The second-order valence-corrected chi connectivity index (χ2v) is 9.73. The van der Waals surface area contributed by atoms with Crippen molar-refractivity contribution < 1.29 is 9.47 Å². The van der Waals surface area contributed by atoms with Crippen LogP contribution < -0.4 is 20.9 Å². The van der Waals surface area contributed by atoms with Crippen molar-refractivity contribution >= 4 is 61.8 Å². The standard InChI is InChI=1S/C25H25ClN6O2S/c26-20-5-4-16(34-12-9-32-7-10-33-11-8-32)14-21(20)29-25-23-18(6-13-35-23)17-2-1-3-19(22(17)30-25)24-27-15-28-31-24/h1-6,13-15,24,31H,7-12H2,(H,27,28)(H,29,30). The molecule has 8 nitrogen and oxygen atoms in total. The zero-order valence-electron chi connectivity index (χ0n) is 19.0. The van der Waals surface area contributed by atoms with Crippen LogP contribution in [0.25, 0.3) is 21.0 Å². The number of nitrogens with zero attached hydrogens (tertiary/aromatic N) is 3. The highest BCUT2D eigenvalue weighted by Gasteiger charge is 2.19. The number of nitrogens with one attached hydrogen (secondary N) is 3. The SMILES string of the molecule is Clc1ccc(OCCN2CCOCC2)cc1Nc1nc2c(C3N=CNN3)cccc2c2ccsc12. The summed E-state index contributed by atoms with van der Waals surface area (Å²) >= 11 is 8.23. The Hall–Kier alpha value is -2.95. The summed E-state index contributed by atoms with van der Waals surface area (Å²) in [5, 5.41) is 8.42. The van der Waals surface area contributed by atoms with Gasteiger partial charge in [-0.15, -0.1) is 11.3 Å². The largest absolute Gasteiger partial charge is 0.492 e. The number of pyridine rings is 1. The van der Waals surface area contributed by atoms with Gasteiger partial charge < -0.3 is 20.2 Å². The number of hydrogen-bond donors (Lipinski definition) is 3. The van der Waals surface area contributed by atoms with Crippen LogP contribution in [0.15, 0.2) is 52.8 Å². The van der Waals surface area contributed by atoms with Gasteiger partial charge in [-0.25, -0.2) is 15.4 Å². The third kappa shape index (κ3) is 4.65. The zero-order valence-corrected chi connectivity index (χ0v) is 20.5. The molecule has 0 radical (unpaired) electrons. The molecule has 0 spiro atoms. The van der Waals surface area contributed by atoms with E-state index in [-0.39, 0.29) is 6.17 Å². The normalized spacial score (nSPS) is 18.3. The summed E-state index contributed by atoms with van der Waals surface area (Å²) in [6.45, 7) is 4.93. The van der Waals surface area contributed by atoms with Gasteiger partial charge in [0.15, 0.2) is 0 Å². The van der Waals surface area contributed by atoms with Gasteiger partial charge in [0.2, 0.25) is 0 Å². The van der Waals surface area contributed by atoms with Gasteiger partial charge in [0.1, 0.15) is 24.3 Å². The first kappa shape index (κ1) is 22.5. The average molecular weight is 509 g/mol. The highest BCUT2D eigenvalue weighted by atomic mass is 35.5. The number of hydrogen-bond acceptors (Lipinski definition) is 9. The lowest BCUT2D eigenvalue weighted by Crippen LogP contribution is -2.38. The van der Waals surface area contributed by atoms with Crippen LogP contribution in [0.5, 0.6) is 5.75 Å². The van der Waals surface area contributed by atoms with E-state index in [0.29, 0.717) is 11.6 Å². The summed E-state index contributed by atoms with van der Waals surface area (Å²) in [6.07, 6.45) is 1.47. The minimum absolute atomic E-state index is 0.193. The van der Waals surface area contributed by atoms with Crippen molar-refractivity contribution in [3.63, 3.8) is 0 Å². The quantitative estimate of drug-likeness (QED) is 0.334. The number of thiophene rings is 1. The highest BCUT2D eigenvalue weighted by molar-refractivity contribution is 7.18. The van der Waals surface area contributed by atoms with Gasteiger partial charge in [0, 0.05) is 42.0 Å². The number of anilines is 2. The zero-order chi connectivity index (χ0) is 23.6. The van der Waals surface area contributed by atoms with Crippen LogP contribution in [-0.2, 0) is 4.74 Å². The lowest BCUT2D eigenvalue weighted by molar-refractivity contribution is 0.0322. The molecule has 2 aliphatic heterocycles. The molecule has 180 valence electrons. The molecule has 1 atom stereocenters. The van der Waals surface area contributed by atoms with Crippen LogP contribution in [0.2, 0.25) is 5.02 Å². The number of aliphatic imine (C=N–C) groups is 1. The molecule has 1 saturated heterocycles. The van der Waals surface area contributed by atoms with Gasteiger partial charge in [-0.1, -0.05) is 29.8 Å². The molecule has 4 aromatic rings. The van der Waals surface area contributed by atoms with Crippen molar-refractivity contribution in [1.82, 2.24) is 20.7 Å². The van der Waals surface area contributed by atoms with E-state index in [1.165, 1.54) is 0 Å². The molecule has 0 aliphatic carbocycles. The minimum Gasteiger partial charge on any atom is -0.492 e. The van der Waals surface area contributed by atoms with E-state index in [4.69, 9.17) is 26.1 Å². The Morgan fingerprint density at radius 3 is 2.94 bits per heavy atom. The van der Waals surface area contributed by atoms with E-state index >= 15 is 0 Å². The first-order valence-electron chi connectivity index (χ1n) is 11.6. The van der Waals surface area contributed by atoms with E-state index in [9.17, 15) is 0 Å². The number of fused-ring (bicyclic) bond motifs is 3. The number of benzene rings is 2. The Bertz CT molecular complexity index is 1390. The number of morpholine rings is 1. The summed E-state index contributed by atoms with van der Waals surface area (Å²) in [5.74, 6) is 1.53. The van der Waals surface area contributed by atoms with Crippen LogP contribution in [0.4, 0.5) is 11.5 Å². The van der Waals surface area contributed by atoms with E-state index < -0.39 is 0 Å². The molecular formula is C25H25ClN6O2S. The molecule has 2 aromatic carbocycles. The van der Waals surface area contributed by atoms with Gasteiger partial charge in [-0.2, -0.15) is 0 Å². The Morgan fingerprint density at radius 1 is 1.17 bits per heavy atom. The summed E-state index contributed by atoms with van der Waals surface area (Å²) in [7, 11) is 0. The topological polar surface area (TPSA) is 83.0 Å².